The van der Waals surface area contributed by atoms with Gasteiger partial charge in [0.05, 0.1) is 76.6 Å². The van der Waals surface area contributed by atoms with Gasteiger partial charge in [-0.3, -0.25) is 19.2 Å². The third-order valence-corrected chi connectivity index (χ3v) is 26.4. The summed E-state index contributed by atoms with van der Waals surface area (Å²) < 4.78 is 44.5. The lowest BCUT2D eigenvalue weighted by molar-refractivity contribution is -0.303. The molecule has 2 heterocycles. The Hall–Kier alpha value is -7.62. The van der Waals surface area contributed by atoms with Crippen molar-refractivity contribution in [2.24, 2.45) is 17.8 Å². The molecular weight excluding hydrogens is 1750 g/mol. The van der Waals surface area contributed by atoms with Crippen LogP contribution in [-0.4, -0.2) is 172 Å². The Morgan fingerprint density at radius 3 is 1.21 bits per heavy atom. The minimum atomic E-state index is -1.62. The van der Waals surface area contributed by atoms with Crippen LogP contribution in [0.15, 0.2) is 91.0 Å². The van der Waals surface area contributed by atoms with E-state index in [0.29, 0.717) is 51.9 Å². The molecule has 0 saturated carbocycles. The fraction of sp³-hybridized carbons (Fsp3) is 0.712. The minimum absolute atomic E-state index is 0. The van der Waals surface area contributed by atoms with Crippen molar-refractivity contribution < 1.29 is 107 Å². The summed E-state index contributed by atoms with van der Waals surface area (Å²) in [6.45, 7) is 17.0. The van der Waals surface area contributed by atoms with Gasteiger partial charge in [0.2, 0.25) is 17.7 Å². The molecular formula is C118H211N3O18. The predicted molar refractivity (Wildman–Crippen MR) is 587 cm³/mol. The Balaban J connectivity index is -0.000000242. The van der Waals surface area contributed by atoms with Crippen molar-refractivity contribution in [3.63, 3.8) is 0 Å². The van der Waals surface area contributed by atoms with E-state index in [0.717, 1.165) is 145 Å². The second-order valence-corrected chi connectivity index (χ2v) is 38.4. The topological polar surface area (TPSA) is 311 Å². The molecule has 2 fully saturated rings. The molecule has 2 aliphatic heterocycles. The van der Waals surface area contributed by atoms with Crippen molar-refractivity contribution in [1.29, 1.82) is 0 Å². The average Bonchev–Trinajstić information content (AvgIpc) is 0.815. The summed E-state index contributed by atoms with van der Waals surface area (Å²) in [5.41, 5.74) is 3.09. The number of carbonyl (C=O) groups excluding carboxylic acids is 3. The van der Waals surface area contributed by atoms with Gasteiger partial charge in [0.1, 0.15) is 36.6 Å². The van der Waals surface area contributed by atoms with Crippen LogP contribution in [0, 0.1) is 89.3 Å². The number of terminal acetylenes is 1. The van der Waals surface area contributed by atoms with Gasteiger partial charge < -0.3 is 84.9 Å². The van der Waals surface area contributed by atoms with E-state index in [1.807, 2.05) is 78.9 Å². The minimum Gasteiger partial charge on any atom is -0.481 e. The lowest BCUT2D eigenvalue weighted by Crippen LogP contribution is -2.60. The number of aliphatic hydroxyl groups excluding tert-OH is 6. The Kier molecular flexibility index (Phi) is 78.6. The van der Waals surface area contributed by atoms with Crippen LogP contribution in [0.3, 0.4) is 0 Å². The van der Waals surface area contributed by atoms with Gasteiger partial charge in [0.15, 0.2) is 12.6 Å². The van der Waals surface area contributed by atoms with Gasteiger partial charge in [-0.25, -0.2) is 0 Å². The first-order valence-corrected chi connectivity index (χ1v) is 54.3. The standard InChI is InChI=1S/C60H71NO6.C47H92N2O10.C11H22O2.13H2/c1-6-8-10-12-14-16-18-19-21-23-34-42-56(64-45-53-38-30-26-31-39-53)59(65-46-54-40-32-27-33-41-54)55(61-58(62)43-35-24-22-20-17-15-13-11-9-7-2)47-66-60-51(5)49(3)50(4)57(67-60)48-63-44-52-36-28-25-29-37-52;1-3-5-7-9-11-13-14-15-17-20-24-28-32-39(51)43(54)38(37-58-47-46(57)45(56)44(55)40(36-50)59-47)49-42(53)34-30-26-22-18-16-19-23-27-31-35-48-41(52)33-29-25-21-12-10-8-6-4-2;1-2-3-4-5-6-7-8-9-10-11(12)13;;;;;;;;;;;;;/h1,25-33,36-41,49-51,55-57,59-60H,7,9,11,13,15,17,20,22,24,35,42-48H2,2-5H3,(H,61,62);38-40,43-47,50-51,54-57H,3-37H2,1-2H3,(H,48,52)(H,49,53);2-10H2,1H3,(H,12,13);13*1H/t49-,50+,51?,55-,56+,57?,59-,60-;38-,39+,40?,43-,44-,45-,46?,47-;;;;;;;;;;;;;;/m00............../s1. The molecule has 16 atom stereocenters. The van der Waals surface area contributed by atoms with E-state index in [9.17, 15) is 49.8 Å². The van der Waals surface area contributed by atoms with Crippen molar-refractivity contribution >= 4 is 23.7 Å². The SMILES string of the molecule is C#CC#CC#CC#CC#CC#CC[C@@H](OCc1ccccc1)[C@@H](OCc1ccccc1)[C@H](CO[C@H]1OC(COCc2ccccc2)[C@H](C)[C@H](C)C1C)NC(=O)CCCCCCCCCCCC.CCCCCCCCCCC(=O)O.CCCCCCCCCCCCCC[C@@H](O)[C@@H](O)[C@H](CO[C@H]1OC(CO)[C@H](O)[C@H](O)C1O)NC(=O)CCCCCCCCCCCNC(=O)CCCCCCCCCC.[HH].[HH].[HH].[HH].[HH].[HH].[HH].[HH].[HH].[HH].[HH].[HH].[HH]. The summed E-state index contributed by atoms with van der Waals surface area (Å²) >= 11 is 0. The molecule has 2 aliphatic rings. The number of nitrogens with one attached hydrogen (secondary N) is 3. The molecule has 0 radical (unpaired) electrons. The first-order valence-electron chi connectivity index (χ1n) is 54.3. The fourth-order valence-electron chi connectivity index (χ4n) is 17.3. The molecule has 3 amide bonds. The number of rotatable bonds is 78. The second-order valence-electron chi connectivity index (χ2n) is 38.4. The zero-order chi connectivity index (χ0) is 101. The van der Waals surface area contributed by atoms with E-state index >= 15 is 0 Å². The van der Waals surface area contributed by atoms with Crippen LogP contribution in [-0.2, 0) is 72.2 Å². The predicted octanol–water partition coefficient (Wildman–Crippen LogP) is 25.3. The normalized spacial score (nSPS) is 18.8. The zero-order valence-corrected chi connectivity index (χ0v) is 86.7. The number of aliphatic hydroxyl groups is 6. The van der Waals surface area contributed by atoms with Gasteiger partial charge in [0, 0.05) is 63.1 Å². The maximum Gasteiger partial charge on any atom is 0.303 e. The van der Waals surface area contributed by atoms with Crippen molar-refractivity contribution in [1.82, 2.24) is 16.0 Å². The average molecular weight is 1960 g/mol. The fourth-order valence-corrected chi connectivity index (χ4v) is 17.3. The molecule has 139 heavy (non-hydrogen) atoms. The summed E-state index contributed by atoms with van der Waals surface area (Å²) in [5, 5.41) is 80.0. The Morgan fingerprint density at radius 2 is 0.770 bits per heavy atom. The highest BCUT2D eigenvalue weighted by Crippen LogP contribution is 2.37. The number of benzene rings is 3. The van der Waals surface area contributed by atoms with Crippen molar-refractivity contribution in [2.45, 2.75) is 488 Å². The van der Waals surface area contributed by atoms with Gasteiger partial charge in [-0.15, -0.1) is 6.42 Å². The number of hydrogen-bond donors (Lipinski definition) is 10. The van der Waals surface area contributed by atoms with Crippen molar-refractivity contribution in [3.8, 4) is 71.5 Å². The van der Waals surface area contributed by atoms with Gasteiger partial charge in [-0.1, -0.05) is 415 Å². The molecule has 0 aliphatic carbocycles. The molecule has 2 saturated heterocycles. The van der Waals surface area contributed by atoms with Crippen LogP contribution in [0.25, 0.3) is 0 Å². The smallest absolute Gasteiger partial charge is 0.303 e. The molecule has 806 valence electrons. The molecule has 10 N–H and O–H groups in total. The quantitative estimate of drug-likeness (QED) is 0.0185. The van der Waals surface area contributed by atoms with Crippen molar-refractivity contribution in [2.75, 3.05) is 33.0 Å². The molecule has 21 heteroatoms. The molecule has 0 bridgehead atoms. The highest BCUT2D eigenvalue weighted by atomic mass is 16.7. The van der Waals surface area contributed by atoms with E-state index in [2.05, 4.69) is 142 Å². The second kappa shape index (κ2) is 87.0. The number of unbranched alkanes of at least 4 members (excludes halogenated alkanes) is 42. The summed E-state index contributed by atoms with van der Waals surface area (Å²) in [4.78, 5) is 49.3. The number of carboxylic acids is 1. The first kappa shape index (κ1) is 126. The van der Waals surface area contributed by atoms with E-state index in [4.69, 9.17) is 44.7 Å². The molecule has 0 aromatic heterocycles. The van der Waals surface area contributed by atoms with E-state index in [-0.39, 0.29) is 92.8 Å². The van der Waals surface area contributed by atoms with Gasteiger partial charge in [-0.2, -0.15) is 0 Å². The van der Waals surface area contributed by atoms with Crippen molar-refractivity contribution in [3.05, 3.63) is 108 Å². The van der Waals surface area contributed by atoms with Gasteiger partial charge in [-0.05, 0) is 126 Å². The van der Waals surface area contributed by atoms with Gasteiger partial charge in [0.25, 0.3) is 0 Å². The van der Waals surface area contributed by atoms with E-state index in [1.54, 1.807) is 0 Å². The van der Waals surface area contributed by atoms with E-state index < -0.39 is 86.1 Å². The molecule has 21 nitrogen and oxygen atoms in total. The van der Waals surface area contributed by atoms with Crippen LogP contribution in [0.5, 0.6) is 0 Å². The number of hydrogen-bond acceptors (Lipinski definition) is 17. The van der Waals surface area contributed by atoms with Crippen LogP contribution >= 0.6 is 0 Å². The molecule has 0 spiro atoms. The molecule has 5 rings (SSSR count). The third kappa shape index (κ3) is 64.6. The highest BCUT2D eigenvalue weighted by Gasteiger charge is 2.45. The maximum absolute atomic E-state index is 14.0. The summed E-state index contributed by atoms with van der Waals surface area (Å²) in [6.07, 6.45) is 50.6. The third-order valence-electron chi connectivity index (χ3n) is 26.4. The lowest BCUT2D eigenvalue weighted by Gasteiger charge is -2.44. The first-order chi connectivity index (χ1) is 67.8. The Labute approximate surface area is 860 Å². The summed E-state index contributed by atoms with van der Waals surface area (Å²) in [5.74, 6) is 29.0. The van der Waals surface area contributed by atoms with Gasteiger partial charge >= 0.3 is 5.97 Å². The largest absolute Gasteiger partial charge is 0.481 e. The summed E-state index contributed by atoms with van der Waals surface area (Å²) in [7, 11) is 0. The number of amides is 3. The summed E-state index contributed by atoms with van der Waals surface area (Å²) in [6, 6.07) is 28.5. The monoisotopic (exact) mass is 1960 g/mol. The number of aliphatic carboxylic acids is 1. The van der Waals surface area contributed by atoms with Crippen LogP contribution < -0.4 is 16.0 Å². The van der Waals surface area contributed by atoms with E-state index in [1.165, 1.54) is 173 Å². The molecule has 3 aromatic carbocycles. The zero-order valence-electron chi connectivity index (χ0n) is 86.7. The lowest BCUT2D eigenvalue weighted by atomic mass is 9.79. The number of ether oxygens (including phenoxy) is 7. The number of carbonyl (C=O) groups is 4. The van der Waals surface area contributed by atoms with Crippen LogP contribution in [0.1, 0.15) is 424 Å². The Bertz CT molecular complexity index is 3960. The molecule has 4 unspecified atom stereocenters. The highest BCUT2D eigenvalue weighted by molar-refractivity contribution is 5.77. The maximum atomic E-state index is 14.0. The number of carboxylic acid groups (broad SMARTS) is 1. The van der Waals surface area contributed by atoms with Crippen LogP contribution in [0.4, 0.5) is 0 Å². The molecule has 3 aromatic rings. The van der Waals surface area contributed by atoms with Crippen LogP contribution in [0.2, 0.25) is 0 Å². The Morgan fingerprint density at radius 1 is 0.403 bits per heavy atom.